The first kappa shape index (κ1) is 25.1. The fourth-order valence-electron chi connectivity index (χ4n) is 4.84. The maximum atomic E-state index is 13.8. The van der Waals surface area contributed by atoms with Crippen LogP contribution >= 0.6 is 22.7 Å². The molecular weight excluding hydrogens is 512 g/mol. The van der Waals surface area contributed by atoms with Gasteiger partial charge in [0.25, 0.3) is 11.2 Å². The lowest BCUT2D eigenvalue weighted by Crippen LogP contribution is -2.39. The molecular formula is C26H26N4O5S2. The second-order valence-corrected chi connectivity index (χ2v) is 10.9. The summed E-state index contributed by atoms with van der Waals surface area (Å²) < 4.78 is 7.26. The van der Waals surface area contributed by atoms with Gasteiger partial charge in [-0.05, 0) is 56.7 Å². The fraction of sp³-hybridized carbons (Fsp3) is 0.346. The Labute approximate surface area is 220 Å². The number of thiazole rings is 1. The normalized spacial score (nSPS) is 17.9. The zero-order valence-corrected chi connectivity index (χ0v) is 22.1. The summed E-state index contributed by atoms with van der Waals surface area (Å²) in [5, 5.41) is 13.4. The van der Waals surface area contributed by atoms with Gasteiger partial charge in [0.1, 0.15) is 6.04 Å². The summed E-state index contributed by atoms with van der Waals surface area (Å²) in [6, 6.07) is 7.91. The molecule has 4 heterocycles. The third-order valence-corrected chi connectivity index (χ3v) is 8.44. The first-order valence-corrected chi connectivity index (χ1v) is 13.8. The molecule has 11 heteroatoms. The molecule has 0 bridgehead atoms. The van der Waals surface area contributed by atoms with Crippen molar-refractivity contribution in [2.75, 3.05) is 24.6 Å². The molecule has 0 unspecified atom stereocenters. The first-order chi connectivity index (χ1) is 17.9. The molecule has 0 amide bonds. The van der Waals surface area contributed by atoms with Gasteiger partial charge >= 0.3 is 5.97 Å². The van der Waals surface area contributed by atoms with Gasteiger partial charge in [0, 0.05) is 41.4 Å². The third-order valence-electron chi connectivity index (χ3n) is 6.53. The molecule has 5 rings (SSSR count). The number of nitrogens with zero attached hydrogens (tertiary/aromatic N) is 4. The molecule has 0 aliphatic carbocycles. The number of esters is 1. The van der Waals surface area contributed by atoms with Gasteiger partial charge in [0.2, 0.25) is 0 Å². The van der Waals surface area contributed by atoms with Crippen LogP contribution in [0.3, 0.4) is 0 Å². The lowest BCUT2D eigenvalue weighted by Gasteiger charge is -2.30. The molecule has 9 nitrogen and oxygen atoms in total. The predicted molar refractivity (Wildman–Crippen MR) is 144 cm³/mol. The minimum absolute atomic E-state index is 0.0308. The highest BCUT2D eigenvalue weighted by Crippen LogP contribution is 2.33. The highest BCUT2D eigenvalue weighted by Gasteiger charge is 2.34. The van der Waals surface area contributed by atoms with Crippen LogP contribution in [-0.4, -0.2) is 35.2 Å². The zero-order chi connectivity index (χ0) is 26.1. The van der Waals surface area contributed by atoms with Gasteiger partial charge in [-0.1, -0.05) is 17.4 Å². The van der Waals surface area contributed by atoms with Crippen LogP contribution in [0.5, 0.6) is 0 Å². The van der Waals surface area contributed by atoms with E-state index >= 15 is 0 Å². The number of benzene rings is 1. The molecule has 3 aromatic rings. The van der Waals surface area contributed by atoms with Crippen molar-refractivity contribution in [2.45, 2.75) is 39.2 Å². The summed E-state index contributed by atoms with van der Waals surface area (Å²) in [7, 11) is 0. The van der Waals surface area contributed by atoms with Crippen LogP contribution in [-0.2, 0) is 9.53 Å². The number of anilines is 1. The van der Waals surface area contributed by atoms with Crippen molar-refractivity contribution in [3.8, 4) is 0 Å². The Balaban J connectivity index is 1.70. The van der Waals surface area contributed by atoms with E-state index < -0.39 is 16.9 Å². The van der Waals surface area contributed by atoms with Crippen LogP contribution in [0.15, 0.2) is 56.8 Å². The summed E-state index contributed by atoms with van der Waals surface area (Å²) in [6.45, 7) is 5.42. The Morgan fingerprint density at radius 2 is 2.05 bits per heavy atom. The van der Waals surface area contributed by atoms with Crippen LogP contribution in [0.2, 0.25) is 0 Å². The molecule has 37 heavy (non-hydrogen) atoms. The van der Waals surface area contributed by atoms with Gasteiger partial charge in [-0.15, -0.1) is 11.3 Å². The maximum absolute atomic E-state index is 13.8. The van der Waals surface area contributed by atoms with E-state index in [0.29, 0.717) is 26.2 Å². The molecule has 1 atom stereocenters. The smallest absolute Gasteiger partial charge is 0.338 e. The van der Waals surface area contributed by atoms with Crippen LogP contribution in [0.25, 0.3) is 6.08 Å². The second-order valence-electron chi connectivity index (χ2n) is 8.87. The number of ether oxygens (including phenoxy) is 1. The van der Waals surface area contributed by atoms with Gasteiger partial charge in [-0.3, -0.25) is 19.5 Å². The van der Waals surface area contributed by atoms with Crippen LogP contribution in [0.4, 0.5) is 11.4 Å². The number of thiophene rings is 1. The van der Waals surface area contributed by atoms with Gasteiger partial charge < -0.3 is 9.64 Å². The molecule has 1 aromatic carbocycles. The van der Waals surface area contributed by atoms with Gasteiger partial charge in [0.15, 0.2) is 4.80 Å². The molecule has 0 radical (unpaired) electrons. The molecule has 2 aliphatic rings. The van der Waals surface area contributed by atoms with Crippen molar-refractivity contribution >= 4 is 46.1 Å². The maximum Gasteiger partial charge on any atom is 0.338 e. The number of non-ortho nitro benzene ring substituents is 1. The molecule has 192 valence electrons. The topological polar surface area (TPSA) is 107 Å². The predicted octanol–water partition coefficient (Wildman–Crippen LogP) is 3.76. The number of carbonyl (C=O) groups is 1. The third kappa shape index (κ3) is 4.76. The van der Waals surface area contributed by atoms with Crippen molar-refractivity contribution in [2.24, 2.45) is 4.99 Å². The number of allylic oxidation sites excluding steroid dienone is 1. The van der Waals surface area contributed by atoms with Gasteiger partial charge in [0.05, 0.1) is 27.3 Å². The number of hydrogen-bond acceptors (Lipinski definition) is 9. The molecule has 1 fully saturated rings. The van der Waals surface area contributed by atoms with E-state index in [1.165, 1.54) is 34.8 Å². The molecule has 0 spiro atoms. The summed E-state index contributed by atoms with van der Waals surface area (Å²) in [5.41, 5.74) is 2.01. The Morgan fingerprint density at radius 1 is 1.27 bits per heavy atom. The van der Waals surface area contributed by atoms with E-state index in [4.69, 9.17) is 4.74 Å². The summed E-state index contributed by atoms with van der Waals surface area (Å²) in [4.78, 5) is 46.0. The average Bonchev–Trinajstić information content (AvgIpc) is 3.52. The van der Waals surface area contributed by atoms with E-state index in [9.17, 15) is 19.7 Å². The highest BCUT2D eigenvalue weighted by atomic mass is 32.1. The summed E-state index contributed by atoms with van der Waals surface area (Å²) >= 11 is 2.67. The van der Waals surface area contributed by atoms with Gasteiger partial charge in [-0.2, -0.15) is 0 Å². The molecule has 2 aromatic heterocycles. The lowest BCUT2D eigenvalue weighted by molar-refractivity contribution is -0.384. The second kappa shape index (κ2) is 10.4. The largest absolute Gasteiger partial charge is 0.463 e. The average molecular weight is 539 g/mol. The monoisotopic (exact) mass is 538 g/mol. The molecule has 1 saturated heterocycles. The van der Waals surface area contributed by atoms with Crippen LogP contribution in [0, 0.1) is 10.1 Å². The highest BCUT2D eigenvalue weighted by molar-refractivity contribution is 7.10. The zero-order valence-electron chi connectivity index (χ0n) is 20.5. The van der Waals surface area contributed by atoms with Crippen molar-refractivity contribution in [1.29, 1.82) is 0 Å². The number of aromatic nitrogens is 1. The lowest BCUT2D eigenvalue weighted by atomic mass is 10.0. The van der Waals surface area contributed by atoms with E-state index in [1.54, 1.807) is 30.6 Å². The minimum atomic E-state index is -0.649. The quantitative estimate of drug-likeness (QED) is 0.269. The number of hydrogen-bond donors (Lipinski definition) is 0. The Morgan fingerprint density at radius 3 is 2.73 bits per heavy atom. The minimum Gasteiger partial charge on any atom is -0.463 e. The van der Waals surface area contributed by atoms with E-state index in [2.05, 4.69) is 9.89 Å². The molecule has 0 N–H and O–H groups in total. The first-order valence-electron chi connectivity index (χ1n) is 12.2. The van der Waals surface area contributed by atoms with Crippen LogP contribution < -0.4 is 19.8 Å². The Kier molecular flexibility index (Phi) is 7.07. The van der Waals surface area contributed by atoms with Gasteiger partial charge in [-0.25, -0.2) is 9.79 Å². The number of fused-ring (bicyclic) bond motifs is 1. The molecule has 2 aliphatic heterocycles. The van der Waals surface area contributed by atoms with Crippen molar-refractivity contribution in [3.05, 3.63) is 87.2 Å². The number of nitro benzene ring substituents is 1. The summed E-state index contributed by atoms with van der Waals surface area (Å²) in [5.74, 6) is -0.498. The van der Waals surface area contributed by atoms with Crippen molar-refractivity contribution in [1.82, 2.24) is 4.57 Å². The number of rotatable bonds is 6. The summed E-state index contributed by atoms with van der Waals surface area (Å²) in [6.07, 6.45) is 4.97. The number of carbonyl (C=O) groups excluding carboxylic acids is 1. The Bertz CT molecular complexity index is 1560. The van der Waals surface area contributed by atoms with E-state index in [1.807, 2.05) is 17.5 Å². The van der Waals surface area contributed by atoms with Crippen molar-refractivity contribution in [3.63, 3.8) is 0 Å². The standard InChI is InChI=1S/C26H26N4O5S2/c1-3-35-25(32)22-16(2)27-26-29(23(22)20-8-7-13-36-20)24(31)21(37-26)15-17-14-18(30(33)34)9-10-19(17)28-11-5-4-6-12-28/h7-10,13-15,23H,3-6,11-12H2,1-2H3/b21-15+/t23-/m1/s1. The number of nitro groups is 1. The fourth-order valence-corrected chi connectivity index (χ4v) is 6.70. The molecule has 0 saturated carbocycles. The SMILES string of the molecule is CCOC(=O)C1=C(C)N=c2s/c(=C/c3cc([N+](=O)[O-])ccc3N3CCCCC3)c(=O)n2[C@@H]1c1cccs1. The van der Waals surface area contributed by atoms with E-state index in [-0.39, 0.29) is 17.9 Å². The number of piperidine rings is 1. The van der Waals surface area contributed by atoms with E-state index in [0.717, 1.165) is 42.9 Å². The van der Waals surface area contributed by atoms with Crippen LogP contribution in [0.1, 0.15) is 49.6 Å². The van der Waals surface area contributed by atoms with Crippen molar-refractivity contribution < 1.29 is 14.5 Å². The Hall–Kier alpha value is -3.57.